The zero-order valence-corrected chi connectivity index (χ0v) is 14.2. The van der Waals surface area contributed by atoms with E-state index in [9.17, 15) is 0 Å². The van der Waals surface area contributed by atoms with E-state index in [1.165, 1.54) is 18.4 Å². The molecule has 2 heteroatoms. The SMILES string of the molecule is C#CC1(COCc2ccccc2)CCC2(CC1)OCCC2CC. The van der Waals surface area contributed by atoms with Gasteiger partial charge in [-0.25, -0.2) is 0 Å². The van der Waals surface area contributed by atoms with Gasteiger partial charge in [0.15, 0.2) is 0 Å². The summed E-state index contributed by atoms with van der Waals surface area (Å²) in [6.07, 6.45) is 12.5. The highest BCUT2D eigenvalue weighted by atomic mass is 16.5. The number of benzene rings is 1. The summed E-state index contributed by atoms with van der Waals surface area (Å²) in [6, 6.07) is 10.3. The van der Waals surface area contributed by atoms with Gasteiger partial charge in [-0.3, -0.25) is 0 Å². The summed E-state index contributed by atoms with van der Waals surface area (Å²) >= 11 is 0. The van der Waals surface area contributed by atoms with E-state index in [1.54, 1.807) is 0 Å². The lowest BCUT2D eigenvalue weighted by Crippen LogP contribution is -2.44. The Labute approximate surface area is 140 Å². The predicted octanol–water partition coefficient (Wildman–Crippen LogP) is 4.58. The molecule has 1 heterocycles. The fraction of sp³-hybridized carbons (Fsp3) is 0.619. The van der Waals surface area contributed by atoms with Gasteiger partial charge < -0.3 is 9.47 Å². The minimum atomic E-state index is -0.107. The Balaban J connectivity index is 1.55. The normalized spacial score (nSPS) is 33.7. The second-order valence-corrected chi connectivity index (χ2v) is 7.21. The number of terminal acetylenes is 1. The molecular formula is C21H28O2. The average Bonchev–Trinajstić information content (AvgIpc) is 3.01. The minimum Gasteiger partial charge on any atom is -0.375 e. The van der Waals surface area contributed by atoms with E-state index in [-0.39, 0.29) is 11.0 Å². The Hall–Kier alpha value is -1.30. The third-order valence-corrected chi connectivity index (χ3v) is 5.94. The molecule has 1 saturated heterocycles. The summed E-state index contributed by atoms with van der Waals surface area (Å²) in [5.41, 5.74) is 1.20. The Morgan fingerprint density at radius 1 is 1.22 bits per heavy atom. The van der Waals surface area contributed by atoms with Crippen LogP contribution in [0.2, 0.25) is 0 Å². The van der Waals surface area contributed by atoms with Gasteiger partial charge in [-0.1, -0.05) is 49.6 Å². The lowest BCUT2D eigenvalue weighted by Gasteiger charge is -2.44. The summed E-state index contributed by atoms with van der Waals surface area (Å²) in [4.78, 5) is 0. The molecule has 1 spiro atoms. The predicted molar refractivity (Wildman–Crippen MR) is 92.9 cm³/mol. The van der Waals surface area contributed by atoms with Gasteiger partial charge in [-0.05, 0) is 43.6 Å². The van der Waals surface area contributed by atoms with Gasteiger partial charge in [0, 0.05) is 6.61 Å². The van der Waals surface area contributed by atoms with Crippen molar-refractivity contribution in [2.45, 2.75) is 57.7 Å². The molecule has 23 heavy (non-hydrogen) atoms. The van der Waals surface area contributed by atoms with Crippen LogP contribution in [0.25, 0.3) is 0 Å². The molecule has 0 aromatic heterocycles. The summed E-state index contributed by atoms with van der Waals surface area (Å²) in [5, 5.41) is 0. The molecule has 2 nitrogen and oxygen atoms in total. The van der Waals surface area contributed by atoms with Crippen molar-refractivity contribution < 1.29 is 9.47 Å². The maximum Gasteiger partial charge on any atom is 0.0717 e. The molecule has 1 atom stereocenters. The molecule has 124 valence electrons. The Morgan fingerprint density at radius 2 is 1.96 bits per heavy atom. The van der Waals surface area contributed by atoms with Gasteiger partial charge in [-0.15, -0.1) is 6.42 Å². The van der Waals surface area contributed by atoms with Crippen LogP contribution in [0.4, 0.5) is 0 Å². The maximum atomic E-state index is 6.19. The van der Waals surface area contributed by atoms with E-state index < -0.39 is 0 Å². The number of hydrogen-bond acceptors (Lipinski definition) is 2. The van der Waals surface area contributed by atoms with Gasteiger partial charge >= 0.3 is 0 Å². The lowest BCUT2D eigenvalue weighted by molar-refractivity contribution is -0.0807. The van der Waals surface area contributed by atoms with Crippen molar-refractivity contribution in [1.29, 1.82) is 0 Å². The topological polar surface area (TPSA) is 18.5 Å². The smallest absolute Gasteiger partial charge is 0.0717 e. The van der Waals surface area contributed by atoms with E-state index in [1.807, 2.05) is 18.2 Å². The first-order chi connectivity index (χ1) is 11.2. The molecule has 0 bridgehead atoms. The van der Waals surface area contributed by atoms with Gasteiger partial charge in [0.05, 0.1) is 24.2 Å². The van der Waals surface area contributed by atoms with Crippen molar-refractivity contribution in [3.8, 4) is 12.3 Å². The van der Waals surface area contributed by atoms with Crippen LogP contribution in [-0.2, 0) is 16.1 Å². The van der Waals surface area contributed by atoms with Crippen molar-refractivity contribution in [2.24, 2.45) is 11.3 Å². The largest absolute Gasteiger partial charge is 0.375 e. The molecule has 1 aliphatic carbocycles. The molecular weight excluding hydrogens is 284 g/mol. The molecule has 2 aliphatic rings. The molecule has 1 aromatic carbocycles. The number of hydrogen-bond donors (Lipinski definition) is 0. The van der Waals surface area contributed by atoms with Crippen molar-refractivity contribution >= 4 is 0 Å². The van der Waals surface area contributed by atoms with Gasteiger partial charge in [0.25, 0.3) is 0 Å². The summed E-state index contributed by atoms with van der Waals surface area (Å²) < 4.78 is 12.2. The van der Waals surface area contributed by atoms with Crippen LogP contribution in [0.3, 0.4) is 0 Å². The Kier molecular flexibility index (Phi) is 5.09. The van der Waals surface area contributed by atoms with E-state index in [0.717, 1.165) is 32.3 Å². The Bertz CT molecular complexity index is 535. The summed E-state index contributed by atoms with van der Waals surface area (Å²) in [6.45, 7) is 4.51. The highest BCUT2D eigenvalue weighted by molar-refractivity contribution is 5.14. The zero-order chi connectivity index (χ0) is 16.2. The second-order valence-electron chi connectivity index (χ2n) is 7.21. The van der Waals surface area contributed by atoms with Crippen molar-refractivity contribution in [1.82, 2.24) is 0 Å². The van der Waals surface area contributed by atoms with Crippen LogP contribution < -0.4 is 0 Å². The number of ether oxygens (including phenoxy) is 2. The van der Waals surface area contributed by atoms with Crippen LogP contribution >= 0.6 is 0 Å². The fourth-order valence-corrected chi connectivity index (χ4v) is 4.33. The zero-order valence-electron chi connectivity index (χ0n) is 14.2. The average molecular weight is 312 g/mol. The highest BCUT2D eigenvalue weighted by Gasteiger charge is 2.49. The molecule has 0 amide bonds. The van der Waals surface area contributed by atoms with Crippen LogP contribution in [0.1, 0.15) is 51.0 Å². The first-order valence-electron chi connectivity index (χ1n) is 8.95. The fourth-order valence-electron chi connectivity index (χ4n) is 4.33. The van der Waals surface area contributed by atoms with Crippen molar-refractivity contribution in [3.63, 3.8) is 0 Å². The lowest BCUT2D eigenvalue weighted by atomic mass is 9.65. The molecule has 1 aromatic rings. The molecule has 1 aliphatic heterocycles. The molecule has 0 radical (unpaired) electrons. The third-order valence-electron chi connectivity index (χ3n) is 5.94. The van der Waals surface area contributed by atoms with Crippen molar-refractivity contribution in [3.05, 3.63) is 35.9 Å². The highest BCUT2D eigenvalue weighted by Crippen LogP contribution is 2.50. The van der Waals surface area contributed by atoms with Gasteiger partial charge in [0.1, 0.15) is 0 Å². The van der Waals surface area contributed by atoms with Gasteiger partial charge in [0.2, 0.25) is 0 Å². The van der Waals surface area contributed by atoms with E-state index in [4.69, 9.17) is 15.9 Å². The summed E-state index contributed by atoms with van der Waals surface area (Å²) in [5.74, 6) is 3.77. The van der Waals surface area contributed by atoms with Crippen molar-refractivity contribution in [2.75, 3.05) is 13.2 Å². The second kappa shape index (κ2) is 7.07. The first-order valence-corrected chi connectivity index (χ1v) is 8.95. The van der Waals surface area contributed by atoms with Gasteiger partial charge in [-0.2, -0.15) is 0 Å². The molecule has 0 N–H and O–H groups in total. The Morgan fingerprint density at radius 3 is 2.61 bits per heavy atom. The first kappa shape index (κ1) is 16.6. The van der Waals surface area contributed by atoms with Crippen LogP contribution in [-0.4, -0.2) is 18.8 Å². The maximum absolute atomic E-state index is 6.19. The van der Waals surface area contributed by atoms with E-state index in [0.29, 0.717) is 19.1 Å². The quantitative estimate of drug-likeness (QED) is 0.741. The van der Waals surface area contributed by atoms with E-state index >= 15 is 0 Å². The van der Waals surface area contributed by atoms with Crippen LogP contribution in [0.5, 0.6) is 0 Å². The molecule has 2 fully saturated rings. The van der Waals surface area contributed by atoms with Crippen LogP contribution in [0, 0.1) is 23.7 Å². The molecule has 1 unspecified atom stereocenters. The minimum absolute atomic E-state index is 0.106. The molecule has 3 rings (SSSR count). The van der Waals surface area contributed by atoms with Crippen LogP contribution in [0.15, 0.2) is 30.3 Å². The standard InChI is InChI=1S/C21H28O2/c1-3-19-10-15-23-21(19)13-11-20(4-2,12-14-21)17-22-16-18-8-6-5-7-9-18/h2,5-9,19H,3,10-17H2,1H3. The molecule has 1 saturated carbocycles. The van der Waals surface area contributed by atoms with E-state index in [2.05, 4.69) is 25.0 Å². The number of rotatable bonds is 5. The third kappa shape index (κ3) is 3.47. The summed E-state index contributed by atoms with van der Waals surface area (Å²) in [7, 11) is 0. The monoisotopic (exact) mass is 312 g/mol.